The third-order valence-electron chi connectivity index (χ3n) is 6.23. The number of aryl methyl sites for hydroxylation is 1. The summed E-state index contributed by atoms with van der Waals surface area (Å²) in [6.45, 7) is 2.34. The van der Waals surface area contributed by atoms with Crippen LogP contribution in [0.1, 0.15) is 29.5 Å². The number of likely N-dealkylation sites (N-methyl/N-ethyl adjacent to an activating group) is 1. The van der Waals surface area contributed by atoms with Crippen LogP contribution in [0.2, 0.25) is 0 Å². The van der Waals surface area contributed by atoms with Gasteiger partial charge in [0.1, 0.15) is 6.04 Å². The molecule has 0 radical (unpaired) electrons. The zero-order chi connectivity index (χ0) is 27.7. The fourth-order valence-corrected chi connectivity index (χ4v) is 5.68. The maximum absolute atomic E-state index is 13.7. The average Bonchev–Trinajstić information content (AvgIpc) is 2.88. The molecule has 0 fully saturated rings. The van der Waals surface area contributed by atoms with Gasteiger partial charge >= 0.3 is 0 Å². The summed E-state index contributed by atoms with van der Waals surface area (Å²) in [4.78, 5) is 28.3. The lowest BCUT2D eigenvalue weighted by Crippen LogP contribution is -2.49. The van der Waals surface area contributed by atoms with Crippen molar-refractivity contribution in [1.82, 2.24) is 10.2 Å². The number of sulfonamides is 1. The van der Waals surface area contributed by atoms with Crippen LogP contribution in [0.25, 0.3) is 0 Å². The van der Waals surface area contributed by atoms with E-state index in [1.54, 1.807) is 24.1 Å². The molecule has 202 valence electrons. The quantitative estimate of drug-likeness (QED) is 0.327. The van der Waals surface area contributed by atoms with Crippen molar-refractivity contribution in [1.29, 1.82) is 0 Å². The number of rotatable bonds is 12. The summed E-state index contributed by atoms with van der Waals surface area (Å²) >= 11 is 3.48. The highest BCUT2D eigenvalue weighted by Crippen LogP contribution is 2.21. The molecule has 0 spiro atoms. The number of hydrogen-bond acceptors (Lipinski definition) is 4. The van der Waals surface area contributed by atoms with Crippen LogP contribution >= 0.6 is 15.9 Å². The highest BCUT2D eigenvalue weighted by atomic mass is 79.9. The van der Waals surface area contributed by atoms with Crippen molar-refractivity contribution in [2.24, 2.45) is 0 Å². The standard InChI is InChI=1S/C29H34BrN3O4S/c1-22-14-16-26(17-15-22)33(38(3,36)37)18-8-13-28(34)32(21-24-11-7-12-25(30)19-24)27(29(35)31-2)20-23-9-5-4-6-10-23/h4-7,9-12,14-17,19,27H,8,13,18,20-21H2,1-3H3,(H,31,35). The highest BCUT2D eigenvalue weighted by molar-refractivity contribution is 9.10. The zero-order valence-corrected chi connectivity index (χ0v) is 24.3. The van der Waals surface area contributed by atoms with Crippen LogP contribution in [0.3, 0.4) is 0 Å². The Labute approximate surface area is 234 Å². The van der Waals surface area contributed by atoms with E-state index >= 15 is 0 Å². The van der Waals surface area contributed by atoms with Gasteiger partial charge in [-0.2, -0.15) is 0 Å². The molecule has 0 aliphatic rings. The van der Waals surface area contributed by atoms with E-state index in [4.69, 9.17) is 0 Å². The van der Waals surface area contributed by atoms with Crippen LogP contribution in [0, 0.1) is 6.92 Å². The summed E-state index contributed by atoms with van der Waals surface area (Å²) in [6.07, 6.45) is 1.92. The molecule has 3 aromatic rings. The van der Waals surface area contributed by atoms with Crippen molar-refractivity contribution in [2.45, 2.75) is 38.8 Å². The monoisotopic (exact) mass is 599 g/mol. The van der Waals surface area contributed by atoms with Crippen LogP contribution in [0.5, 0.6) is 0 Å². The van der Waals surface area contributed by atoms with E-state index in [1.165, 1.54) is 4.31 Å². The Morgan fingerprint density at radius 3 is 2.21 bits per heavy atom. The van der Waals surface area contributed by atoms with Crippen LogP contribution in [-0.4, -0.2) is 51.0 Å². The van der Waals surface area contributed by atoms with Gasteiger partial charge in [-0.25, -0.2) is 8.42 Å². The van der Waals surface area contributed by atoms with Crippen molar-refractivity contribution >= 4 is 43.5 Å². The van der Waals surface area contributed by atoms with Crippen LogP contribution in [-0.2, 0) is 32.6 Å². The molecular formula is C29H34BrN3O4S. The highest BCUT2D eigenvalue weighted by Gasteiger charge is 2.30. The van der Waals surface area contributed by atoms with E-state index in [9.17, 15) is 18.0 Å². The number of anilines is 1. The minimum absolute atomic E-state index is 0.0914. The Morgan fingerprint density at radius 1 is 0.947 bits per heavy atom. The minimum atomic E-state index is -3.54. The molecule has 0 saturated carbocycles. The molecule has 0 aliphatic heterocycles. The summed E-state index contributed by atoms with van der Waals surface area (Å²) in [5.41, 5.74) is 3.41. The second-order valence-electron chi connectivity index (χ2n) is 9.25. The Bertz CT molecular complexity index is 1330. The van der Waals surface area contributed by atoms with Crippen molar-refractivity contribution in [2.75, 3.05) is 24.2 Å². The van der Waals surface area contributed by atoms with E-state index in [0.29, 0.717) is 18.5 Å². The molecule has 38 heavy (non-hydrogen) atoms. The molecule has 3 aromatic carbocycles. The van der Waals surface area contributed by atoms with Gasteiger partial charge in [-0.15, -0.1) is 0 Å². The molecule has 7 nitrogen and oxygen atoms in total. The Kier molecular flexibility index (Phi) is 10.5. The van der Waals surface area contributed by atoms with E-state index in [2.05, 4.69) is 21.2 Å². The predicted octanol–water partition coefficient (Wildman–Crippen LogP) is 4.69. The fourth-order valence-electron chi connectivity index (χ4n) is 4.27. The lowest BCUT2D eigenvalue weighted by molar-refractivity contribution is -0.141. The third-order valence-corrected chi connectivity index (χ3v) is 7.92. The summed E-state index contributed by atoms with van der Waals surface area (Å²) in [5.74, 6) is -0.471. The van der Waals surface area contributed by atoms with E-state index in [1.807, 2.05) is 73.7 Å². The number of nitrogens with zero attached hydrogens (tertiary/aromatic N) is 2. The number of hydrogen-bond donors (Lipinski definition) is 1. The SMILES string of the molecule is CNC(=O)C(Cc1ccccc1)N(Cc1cccc(Br)c1)C(=O)CCCN(c1ccc(C)cc1)S(C)(=O)=O. The topological polar surface area (TPSA) is 86.8 Å². The average molecular weight is 601 g/mol. The molecule has 2 amide bonds. The number of benzene rings is 3. The maximum atomic E-state index is 13.7. The zero-order valence-electron chi connectivity index (χ0n) is 21.9. The van der Waals surface area contributed by atoms with Gasteiger partial charge in [0.25, 0.3) is 0 Å². The molecular weight excluding hydrogens is 566 g/mol. The molecule has 0 saturated heterocycles. The number of halogens is 1. The molecule has 3 rings (SSSR count). The first-order valence-corrected chi connectivity index (χ1v) is 15.1. The lowest BCUT2D eigenvalue weighted by Gasteiger charge is -2.31. The summed E-state index contributed by atoms with van der Waals surface area (Å²) in [7, 11) is -1.97. The van der Waals surface area contributed by atoms with Crippen molar-refractivity contribution in [3.8, 4) is 0 Å². The number of carbonyl (C=O) groups is 2. The summed E-state index contributed by atoms with van der Waals surface area (Å²) in [5, 5.41) is 2.71. The van der Waals surface area contributed by atoms with Gasteiger partial charge in [0, 0.05) is 37.5 Å². The summed E-state index contributed by atoms with van der Waals surface area (Å²) in [6, 6.07) is 23.7. The number of nitrogens with one attached hydrogen (secondary N) is 1. The molecule has 0 aromatic heterocycles. The number of carbonyl (C=O) groups excluding carboxylic acids is 2. The Balaban J connectivity index is 1.84. The third kappa shape index (κ3) is 8.43. The fraction of sp³-hybridized carbons (Fsp3) is 0.310. The normalized spacial score (nSPS) is 12.0. The Morgan fingerprint density at radius 2 is 1.61 bits per heavy atom. The van der Waals surface area contributed by atoms with E-state index < -0.39 is 16.1 Å². The van der Waals surface area contributed by atoms with Gasteiger partial charge in [0.2, 0.25) is 21.8 Å². The molecule has 1 atom stereocenters. The van der Waals surface area contributed by atoms with Gasteiger partial charge in [0.05, 0.1) is 11.9 Å². The lowest BCUT2D eigenvalue weighted by atomic mass is 10.0. The predicted molar refractivity (Wildman–Crippen MR) is 155 cm³/mol. The van der Waals surface area contributed by atoms with Gasteiger partial charge < -0.3 is 10.2 Å². The maximum Gasteiger partial charge on any atom is 0.242 e. The van der Waals surface area contributed by atoms with Gasteiger partial charge in [-0.05, 0) is 48.7 Å². The van der Waals surface area contributed by atoms with Crippen LogP contribution < -0.4 is 9.62 Å². The summed E-state index contributed by atoms with van der Waals surface area (Å²) < 4.78 is 27.2. The van der Waals surface area contributed by atoms with Gasteiger partial charge in [0.15, 0.2) is 0 Å². The van der Waals surface area contributed by atoms with E-state index in [0.717, 1.165) is 27.4 Å². The molecule has 9 heteroatoms. The van der Waals surface area contributed by atoms with Crippen LogP contribution in [0.4, 0.5) is 5.69 Å². The minimum Gasteiger partial charge on any atom is -0.357 e. The molecule has 1 N–H and O–H groups in total. The van der Waals surface area contributed by atoms with Gasteiger partial charge in [-0.1, -0.05) is 76.1 Å². The van der Waals surface area contributed by atoms with E-state index in [-0.39, 0.29) is 31.3 Å². The van der Waals surface area contributed by atoms with Crippen molar-refractivity contribution in [3.05, 3.63) is 100 Å². The second-order valence-corrected chi connectivity index (χ2v) is 12.1. The molecule has 1 unspecified atom stereocenters. The molecule has 0 bridgehead atoms. The van der Waals surface area contributed by atoms with Crippen molar-refractivity contribution in [3.63, 3.8) is 0 Å². The first-order valence-electron chi connectivity index (χ1n) is 12.4. The van der Waals surface area contributed by atoms with Crippen LogP contribution in [0.15, 0.2) is 83.3 Å². The van der Waals surface area contributed by atoms with Gasteiger partial charge in [-0.3, -0.25) is 13.9 Å². The second kappa shape index (κ2) is 13.6. The largest absolute Gasteiger partial charge is 0.357 e. The molecule has 0 heterocycles. The van der Waals surface area contributed by atoms with Crippen molar-refractivity contribution < 1.29 is 18.0 Å². The molecule has 0 aliphatic carbocycles. The Hall–Kier alpha value is -3.17. The number of amides is 2. The smallest absolute Gasteiger partial charge is 0.242 e. The first kappa shape index (κ1) is 29.4. The first-order chi connectivity index (χ1) is 18.1.